The molecule has 0 fully saturated rings. The van der Waals surface area contributed by atoms with Crippen LogP contribution >= 0.6 is 0 Å². The van der Waals surface area contributed by atoms with E-state index in [2.05, 4.69) is 44.1 Å². The zero-order valence-electron chi connectivity index (χ0n) is 8.82. The first-order chi connectivity index (χ1) is 6.68. The molecule has 0 aliphatic rings. The van der Waals surface area contributed by atoms with Gasteiger partial charge in [-0.3, -0.25) is 0 Å². The van der Waals surface area contributed by atoms with E-state index in [0.29, 0.717) is 11.8 Å². The summed E-state index contributed by atoms with van der Waals surface area (Å²) in [5, 5.41) is 4.85. The number of fused-ring (bicyclic) bond motifs is 1. The fourth-order valence-corrected chi connectivity index (χ4v) is 1.54. The van der Waals surface area contributed by atoms with Gasteiger partial charge in [-0.15, -0.1) is 0 Å². The van der Waals surface area contributed by atoms with Crippen molar-refractivity contribution in [2.24, 2.45) is 5.92 Å². The lowest BCUT2D eigenvalue weighted by Crippen LogP contribution is -2.01. The molecule has 0 amide bonds. The van der Waals surface area contributed by atoms with Gasteiger partial charge in [-0.05, 0) is 29.5 Å². The van der Waals surface area contributed by atoms with E-state index in [0.717, 1.165) is 11.0 Å². The lowest BCUT2D eigenvalue weighted by Gasteiger charge is -2.15. The summed E-state index contributed by atoms with van der Waals surface area (Å²) >= 11 is 0. The van der Waals surface area contributed by atoms with Crippen LogP contribution in [0.25, 0.3) is 11.0 Å². The highest BCUT2D eigenvalue weighted by atomic mass is 16.5. The Labute approximate surface area is 83.9 Å². The SMILES string of the molecule is CC(C)[C@@H](C)c1ccc2cnoc2c1. The largest absolute Gasteiger partial charge is 0.356 e. The number of nitrogens with zero attached hydrogens (tertiary/aromatic N) is 1. The lowest BCUT2D eigenvalue weighted by molar-refractivity contribution is 0.455. The number of hydrogen-bond donors (Lipinski definition) is 0. The molecule has 0 spiro atoms. The maximum atomic E-state index is 5.14. The smallest absolute Gasteiger partial charge is 0.167 e. The van der Waals surface area contributed by atoms with Crippen LogP contribution in [-0.2, 0) is 0 Å². The van der Waals surface area contributed by atoms with Crippen LogP contribution in [-0.4, -0.2) is 5.16 Å². The Hall–Kier alpha value is -1.31. The van der Waals surface area contributed by atoms with Gasteiger partial charge in [-0.25, -0.2) is 0 Å². The highest BCUT2D eigenvalue weighted by Gasteiger charge is 2.11. The molecule has 0 aliphatic heterocycles. The quantitative estimate of drug-likeness (QED) is 0.721. The van der Waals surface area contributed by atoms with Gasteiger partial charge in [-0.1, -0.05) is 32.0 Å². The molecule has 0 saturated carbocycles. The zero-order chi connectivity index (χ0) is 10.1. The summed E-state index contributed by atoms with van der Waals surface area (Å²) in [5.74, 6) is 1.21. The van der Waals surface area contributed by atoms with Gasteiger partial charge >= 0.3 is 0 Å². The molecule has 0 saturated heterocycles. The first-order valence-corrected chi connectivity index (χ1v) is 5.03. The van der Waals surface area contributed by atoms with Crippen LogP contribution in [0, 0.1) is 5.92 Å². The summed E-state index contributed by atoms with van der Waals surface area (Å²) < 4.78 is 5.14. The van der Waals surface area contributed by atoms with Crippen LogP contribution in [0.4, 0.5) is 0 Å². The Bertz CT molecular complexity index is 431. The molecule has 1 heterocycles. The highest BCUT2D eigenvalue weighted by molar-refractivity contribution is 5.76. The second-order valence-electron chi connectivity index (χ2n) is 4.16. The van der Waals surface area contributed by atoms with Crippen molar-refractivity contribution in [3.63, 3.8) is 0 Å². The van der Waals surface area contributed by atoms with Gasteiger partial charge < -0.3 is 4.52 Å². The van der Waals surface area contributed by atoms with E-state index >= 15 is 0 Å². The topological polar surface area (TPSA) is 26.0 Å². The second kappa shape index (κ2) is 3.45. The Morgan fingerprint density at radius 2 is 2.00 bits per heavy atom. The van der Waals surface area contributed by atoms with Crippen LogP contribution < -0.4 is 0 Å². The van der Waals surface area contributed by atoms with Crippen molar-refractivity contribution in [1.82, 2.24) is 5.16 Å². The summed E-state index contributed by atoms with van der Waals surface area (Å²) in [6.07, 6.45) is 1.75. The van der Waals surface area contributed by atoms with Crippen LogP contribution in [0.5, 0.6) is 0 Å². The Kier molecular flexibility index (Phi) is 2.28. The van der Waals surface area contributed by atoms with Crippen molar-refractivity contribution >= 4 is 11.0 Å². The molecule has 74 valence electrons. The van der Waals surface area contributed by atoms with E-state index in [1.165, 1.54) is 5.56 Å². The molecule has 0 bridgehead atoms. The number of rotatable bonds is 2. The average molecular weight is 189 g/mol. The third-order valence-electron chi connectivity index (χ3n) is 2.91. The molecule has 2 aromatic rings. The molecule has 1 aromatic carbocycles. The molecule has 2 heteroatoms. The van der Waals surface area contributed by atoms with Crippen LogP contribution in [0.15, 0.2) is 28.9 Å². The van der Waals surface area contributed by atoms with Crippen LogP contribution in [0.3, 0.4) is 0 Å². The molecule has 0 unspecified atom stereocenters. The summed E-state index contributed by atoms with van der Waals surface area (Å²) in [4.78, 5) is 0. The van der Waals surface area contributed by atoms with Gasteiger partial charge in [0, 0.05) is 5.39 Å². The third-order valence-corrected chi connectivity index (χ3v) is 2.91. The minimum Gasteiger partial charge on any atom is -0.356 e. The molecule has 1 atom stereocenters. The van der Waals surface area contributed by atoms with E-state index in [4.69, 9.17) is 4.52 Å². The molecular weight excluding hydrogens is 174 g/mol. The molecule has 2 nitrogen and oxygen atoms in total. The normalized spacial score (nSPS) is 13.7. The Balaban J connectivity index is 2.43. The third kappa shape index (κ3) is 1.52. The molecule has 0 aliphatic carbocycles. The number of hydrogen-bond acceptors (Lipinski definition) is 2. The van der Waals surface area contributed by atoms with Crippen molar-refractivity contribution in [2.45, 2.75) is 26.7 Å². The molecular formula is C12H15NO. The zero-order valence-corrected chi connectivity index (χ0v) is 8.82. The van der Waals surface area contributed by atoms with E-state index < -0.39 is 0 Å². The molecule has 0 N–H and O–H groups in total. The molecule has 14 heavy (non-hydrogen) atoms. The van der Waals surface area contributed by atoms with Crippen molar-refractivity contribution in [3.8, 4) is 0 Å². The maximum Gasteiger partial charge on any atom is 0.167 e. The lowest BCUT2D eigenvalue weighted by atomic mass is 9.90. The van der Waals surface area contributed by atoms with Gasteiger partial charge in [0.2, 0.25) is 0 Å². The maximum absolute atomic E-state index is 5.14. The van der Waals surface area contributed by atoms with Gasteiger partial charge in [0.05, 0.1) is 6.20 Å². The summed E-state index contributed by atoms with van der Waals surface area (Å²) in [6, 6.07) is 6.32. The van der Waals surface area contributed by atoms with E-state index in [9.17, 15) is 0 Å². The van der Waals surface area contributed by atoms with E-state index in [1.807, 2.05) is 0 Å². The van der Waals surface area contributed by atoms with Crippen molar-refractivity contribution in [3.05, 3.63) is 30.0 Å². The predicted molar refractivity (Wildman–Crippen MR) is 57.3 cm³/mol. The van der Waals surface area contributed by atoms with Crippen molar-refractivity contribution < 1.29 is 4.52 Å². The van der Waals surface area contributed by atoms with Gasteiger partial charge in [0.25, 0.3) is 0 Å². The molecule has 1 aromatic heterocycles. The molecule has 2 rings (SSSR count). The predicted octanol–water partition coefficient (Wildman–Crippen LogP) is 3.59. The van der Waals surface area contributed by atoms with Crippen molar-refractivity contribution in [2.75, 3.05) is 0 Å². The number of benzene rings is 1. The molecule has 0 radical (unpaired) electrons. The Morgan fingerprint density at radius 3 is 2.71 bits per heavy atom. The Morgan fingerprint density at radius 1 is 1.21 bits per heavy atom. The van der Waals surface area contributed by atoms with Crippen LogP contribution in [0.2, 0.25) is 0 Å². The second-order valence-corrected chi connectivity index (χ2v) is 4.16. The van der Waals surface area contributed by atoms with Gasteiger partial charge in [0.1, 0.15) is 0 Å². The first-order valence-electron chi connectivity index (χ1n) is 5.03. The van der Waals surface area contributed by atoms with E-state index in [1.54, 1.807) is 6.20 Å². The number of aromatic nitrogens is 1. The van der Waals surface area contributed by atoms with Gasteiger partial charge in [0.15, 0.2) is 5.58 Å². The standard InChI is InChI=1S/C12H15NO/c1-8(2)9(3)10-4-5-11-7-13-14-12(11)6-10/h4-9H,1-3H3/t9-/m1/s1. The fraction of sp³-hybridized carbons (Fsp3) is 0.417. The van der Waals surface area contributed by atoms with Crippen LogP contribution in [0.1, 0.15) is 32.3 Å². The fourth-order valence-electron chi connectivity index (χ4n) is 1.54. The minimum atomic E-state index is 0.560. The van der Waals surface area contributed by atoms with Crippen molar-refractivity contribution in [1.29, 1.82) is 0 Å². The first kappa shape index (κ1) is 9.25. The summed E-state index contributed by atoms with van der Waals surface area (Å²) in [6.45, 7) is 6.70. The van der Waals surface area contributed by atoms with E-state index in [-0.39, 0.29) is 0 Å². The monoisotopic (exact) mass is 189 g/mol. The average Bonchev–Trinajstić information content (AvgIpc) is 2.62. The summed E-state index contributed by atoms with van der Waals surface area (Å²) in [7, 11) is 0. The summed E-state index contributed by atoms with van der Waals surface area (Å²) in [5.41, 5.74) is 2.21. The highest BCUT2D eigenvalue weighted by Crippen LogP contribution is 2.26. The van der Waals surface area contributed by atoms with Gasteiger partial charge in [-0.2, -0.15) is 0 Å². The minimum absolute atomic E-state index is 0.560.